The van der Waals surface area contributed by atoms with Crippen molar-refractivity contribution in [2.75, 3.05) is 5.75 Å². The minimum absolute atomic E-state index is 0.208. The summed E-state index contributed by atoms with van der Waals surface area (Å²) in [5.41, 5.74) is 0.0697. The van der Waals surface area contributed by atoms with Gasteiger partial charge in [0.05, 0.1) is 0 Å². The molecule has 0 aromatic heterocycles. The summed E-state index contributed by atoms with van der Waals surface area (Å²) in [6.07, 6.45) is 1.08. The number of amides is 1. The fourth-order valence-corrected chi connectivity index (χ4v) is 2.86. The number of carboxylic acids is 1. The van der Waals surface area contributed by atoms with E-state index >= 15 is 0 Å². The van der Waals surface area contributed by atoms with Crippen LogP contribution in [-0.4, -0.2) is 28.3 Å². The minimum Gasteiger partial charge on any atom is -0.480 e. The molecule has 0 aliphatic rings. The number of carbonyl (C=O) groups is 2. The first-order valence-electron chi connectivity index (χ1n) is 7.17. The SMILES string of the molecule is CCC(CC)(NC(=O)CCSc1ccc(C)cc1)C(=O)O. The maximum Gasteiger partial charge on any atom is 0.329 e. The van der Waals surface area contributed by atoms with Crippen LogP contribution in [0.1, 0.15) is 38.7 Å². The summed E-state index contributed by atoms with van der Waals surface area (Å²) in [7, 11) is 0. The summed E-state index contributed by atoms with van der Waals surface area (Å²) >= 11 is 1.60. The number of hydrogen-bond acceptors (Lipinski definition) is 3. The molecule has 1 rings (SSSR count). The van der Waals surface area contributed by atoms with Gasteiger partial charge in [-0.05, 0) is 31.9 Å². The van der Waals surface area contributed by atoms with Gasteiger partial charge < -0.3 is 10.4 Å². The van der Waals surface area contributed by atoms with E-state index in [1.165, 1.54) is 5.56 Å². The Bertz CT molecular complexity index is 481. The number of aryl methyl sites for hydroxylation is 1. The molecule has 0 radical (unpaired) electrons. The van der Waals surface area contributed by atoms with Gasteiger partial charge in [0.2, 0.25) is 5.91 Å². The number of carboxylic acid groups (broad SMARTS) is 1. The van der Waals surface area contributed by atoms with E-state index in [1.807, 2.05) is 31.2 Å². The molecule has 1 aromatic rings. The van der Waals surface area contributed by atoms with Gasteiger partial charge in [-0.15, -0.1) is 11.8 Å². The molecule has 0 aliphatic carbocycles. The van der Waals surface area contributed by atoms with Crippen molar-refractivity contribution >= 4 is 23.6 Å². The summed E-state index contributed by atoms with van der Waals surface area (Å²) in [5.74, 6) is -0.536. The van der Waals surface area contributed by atoms with Crippen LogP contribution in [0, 0.1) is 6.92 Å². The van der Waals surface area contributed by atoms with Crippen molar-refractivity contribution in [1.82, 2.24) is 5.32 Å². The molecule has 0 spiro atoms. The van der Waals surface area contributed by atoms with Crippen molar-refractivity contribution < 1.29 is 14.7 Å². The van der Waals surface area contributed by atoms with Crippen molar-refractivity contribution in [1.29, 1.82) is 0 Å². The van der Waals surface area contributed by atoms with Crippen molar-refractivity contribution in [2.45, 2.75) is 50.5 Å². The molecule has 0 fully saturated rings. The van der Waals surface area contributed by atoms with Crippen LogP contribution in [0.3, 0.4) is 0 Å². The van der Waals surface area contributed by atoms with E-state index in [0.29, 0.717) is 25.0 Å². The van der Waals surface area contributed by atoms with Crippen LogP contribution in [0.2, 0.25) is 0 Å². The van der Waals surface area contributed by atoms with Gasteiger partial charge in [-0.25, -0.2) is 4.79 Å². The molecule has 2 N–H and O–H groups in total. The zero-order valence-electron chi connectivity index (χ0n) is 12.8. The third kappa shape index (κ3) is 5.08. The molecule has 5 heteroatoms. The first-order chi connectivity index (χ1) is 9.93. The highest BCUT2D eigenvalue weighted by atomic mass is 32.2. The lowest BCUT2D eigenvalue weighted by atomic mass is 9.93. The van der Waals surface area contributed by atoms with Crippen molar-refractivity contribution in [3.63, 3.8) is 0 Å². The van der Waals surface area contributed by atoms with Crippen molar-refractivity contribution in [3.05, 3.63) is 29.8 Å². The molecule has 1 amide bonds. The average molecular weight is 309 g/mol. The largest absolute Gasteiger partial charge is 0.480 e. The Balaban J connectivity index is 2.46. The minimum atomic E-state index is -1.13. The van der Waals surface area contributed by atoms with E-state index in [4.69, 9.17) is 0 Å². The molecule has 4 nitrogen and oxygen atoms in total. The van der Waals surface area contributed by atoms with Crippen LogP contribution in [0.4, 0.5) is 0 Å². The van der Waals surface area contributed by atoms with Crippen LogP contribution >= 0.6 is 11.8 Å². The smallest absolute Gasteiger partial charge is 0.329 e. The zero-order chi connectivity index (χ0) is 15.9. The highest BCUT2D eigenvalue weighted by Gasteiger charge is 2.36. The summed E-state index contributed by atoms with van der Waals surface area (Å²) in [4.78, 5) is 24.4. The van der Waals surface area contributed by atoms with Crippen molar-refractivity contribution in [2.24, 2.45) is 0 Å². The third-order valence-corrected chi connectivity index (χ3v) is 4.63. The summed E-state index contributed by atoms with van der Waals surface area (Å²) in [5, 5.41) is 12.0. The summed E-state index contributed by atoms with van der Waals surface area (Å²) in [6.45, 7) is 5.58. The third-order valence-electron chi connectivity index (χ3n) is 3.61. The first kappa shape index (κ1) is 17.6. The Kier molecular flexibility index (Phi) is 6.75. The fraction of sp³-hybridized carbons (Fsp3) is 0.500. The Morgan fingerprint density at radius 3 is 2.24 bits per heavy atom. The van der Waals surface area contributed by atoms with Gasteiger partial charge in [-0.2, -0.15) is 0 Å². The summed E-state index contributed by atoms with van der Waals surface area (Å²) in [6, 6.07) is 8.12. The van der Waals surface area contributed by atoms with Crippen LogP contribution in [0.25, 0.3) is 0 Å². The Morgan fingerprint density at radius 1 is 1.19 bits per heavy atom. The summed E-state index contributed by atoms with van der Waals surface area (Å²) < 4.78 is 0. The molecule has 0 aliphatic heterocycles. The van der Waals surface area contributed by atoms with Crippen LogP contribution in [-0.2, 0) is 9.59 Å². The number of rotatable bonds is 8. The first-order valence-corrected chi connectivity index (χ1v) is 8.16. The fourth-order valence-electron chi connectivity index (χ4n) is 2.01. The van der Waals surface area contributed by atoms with E-state index in [9.17, 15) is 14.7 Å². The number of thioether (sulfide) groups is 1. The maximum atomic E-state index is 11.9. The van der Waals surface area contributed by atoms with Gasteiger partial charge in [-0.1, -0.05) is 31.5 Å². The lowest BCUT2D eigenvalue weighted by Gasteiger charge is -2.28. The second kappa shape index (κ2) is 8.08. The van der Waals surface area contributed by atoms with Gasteiger partial charge in [0, 0.05) is 17.1 Å². The van der Waals surface area contributed by atoms with Crippen LogP contribution < -0.4 is 5.32 Å². The van der Waals surface area contributed by atoms with Crippen LogP contribution in [0.5, 0.6) is 0 Å². The standard InChI is InChI=1S/C16H23NO3S/c1-4-16(5-2,15(19)20)17-14(18)10-11-21-13-8-6-12(3)7-9-13/h6-9H,4-5,10-11H2,1-3H3,(H,17,18)(H,19,20). The predicted molar refractivity (Wildman–Crippen MR) is 85.6 cm³/mol. The molecule has 0 saturated carbocycles. The highest BCUT2D eigenvalue weighted by molar-refractivity contribution is 7.99. The topological polar surface area (TPSA) is 66.4 Å². The molecular weight excluding hydrogens is 286 g/mol. The molecular formula is C16H23NO3S. The second-order valence-electron chi connectivity index (χ2n) is 5.05. The zero-order valence-corrected chi connectivity index (χ0v) is 13.6. The molecule has 21 heavy (non-hydrogen) atoms. The van der Waals surface area contributed by atoms with Gasteiger partial charge in [0.25, 0.3) is 0 Å². The van der Waals surface area contributed by atoms with E-state index in [2.05, 4.69) is 5.32 Å². The van der Waals surface area contributed by atoms with E-state index in [0.717, 1.165) is 4.90 Å². The number of benzene rings is 1. The quantitative estimate of drug-likeness (QED) is 0.724. The van der Waals surface area contributed by atoms with E-state index < -0.39 is 11.5 Å². The Labute approximate surface area is 130 Å². The lowest BCUT2D eigenvalue weighted by Crippen LogP contribution is -2.53. The van der Waals surface area contributed by atoms with E-state index in [-0.39, 0.29) is 5.91 Å². The lowest BCUT2D eigenvalue weighted by molar-refractivity contribution is -0.148. The molecule has 0 atom stereocenters. The van der Waals surface area contributed by atoms with Gasteiger partial charge >= 0.3 is 5.97 Å². The van der Waals surface area contributed by atoms with E-state index in [1.54, 1.807) is 25.6 Å². The molecule has 0 unspecified atom stereocenters. The number of aliphatic carboxylic acids is 1. The number of nitrogens with one attached hydrogen (secondary N) is 1. The number of carbonyl (C=O) groups excluding carboxylic acids is 1. The second-order valence-corrected chi connectivity index (χ2v) is 6.22. The van der Waals surface area contributed by atoms with Gasteiger partial charge in [-0.3, -0.25) is 4.79 Å². The predicted octanol–water partition coefficient (Wildman–Crippen LogP) is 3.24. The molecule has 0 bridgehead atoms. The normalized spacial score (nSPS) is 11.2. The molecule has 0 heterocycles. The van der Waals surface area contributed by atoms with Crippen LogP contribution in [0.15, 0.2) is 29.2 Å². The Hall–Kier alpha value is -1.49. The van der Waals surface area contributed by atoms with Gasteiger partial charge in [0.15, 0.2) is 0 Å². The molecule has 1 aromatic carbocycles. The maximum absolute atomic E-state index is 11.9. The van der Waals surface area contributed by atoms with Gasteiger partial charge in [0.1, 0.15) is 5.54 Å². The molecule has 0 saturated heterocycles. The average Bonchev–Trinajstić information content (AvgIpc) is 2.46. The Morgan fingerprint density at radius 2 is 1.76 bits per heavy atom. The van der Waals surface area contributed by atoms with Crippen molar-refractivity contribution in [3.8, 4) is 0 Å². The molecule has 116 valence electrons. The highest BCUT2D eigenvalue weighted by Crippen LogP contribution is 2.20. The number of hydrogen-bond donors (Lipinski definition) is 2. The monoisotopic (exact) mass is 309 g/mol.